The first-order valence-electron chi connectivity index (χ1n) is 5.33. The van der Waals surface area contributed by atoms with Gasteiger partial charge < -0.3 is 10.1 Å². The van der Waals surface area contributed by atoms with Crippen LogP contribution in [0.3, 0.4) is 0 Å². The largest absolute Gasteiger partial charge is 0.379 e. The van der Waals surface area contributed by atoms with Gasteiger partial charge in [0.25, 0.3) is 0 Å². The molecule has 0 atom stereocenters. The average Bonchev–Trinajstić information content (AvgIpc) is 2.22. The van der Waals surface area contributed by atoms with E-state index in [1.165, 1.54) is 0 Å². The molecule has 1 amide bonds. The van der Waals surface area contributed by atoms with Crippen LogP contribution in [0.25, 0.3) is 0 Å². The molecule has 0 aromatic carbocycles. The predicted octanol–water partition coefficient (Wildman–Crippen LogP) is 0.481. The molecule has 0 spiro atoms. The Balaban J connectivity index is 0.000000791. The van der Waals surface area contributed by atoms with Crippen LogP contribution in [0.1, 0.15) is 20.8 Å². The molecule has 0 saturated carbocycles. The summed E-state index contributed by atoms with van der Waals surface area (Å²) in [7, 11) is 0. The number of morpholine rings is 1. The molecular formula is C10H22N2O2. The van der Waals surface area contributed by atoms with E-state index in [4.69, 9.17) is 4.74 Å². The summed E-state index contributed by atoms with van der Waals surface area (Å²) < 4.78 is 5.20. The lowest BCUT2D eigenvalue weighted by atomic mass is 10.4. The molecule has 4 nitrogen and oxygen atoms in total. The number of hydrogen-bond acceptors (Lipinski definition) is 3. The standard InChI is InChI=1S/C8H16N2O2.C2H6/c1-8(11)9-2-3-10-4-6-12-7-5-10;1-2/h2-7H2,1H3,(H,9,11);1-2H3. The number of carbonyl (C=O) groups excluding carboxylic acids is 1. The van der Waals surface area contributed by atoms with Gasteiger partial charge in [-0.2, -0.15) is 0 Å². The molecular weight excluding hydrogens is 180 g/mol. The van der Waals surface area contributed by atoms with E-state index in [1.807, 2.05) is 13.8 Å². The van der Waals surface area contributed by atoms with Crippen LogP contribution in [0.2, 0.25) is 0 Å². The van der Waals surface area contributed by atoms with Crippen molar-refractivity contribution in [3.05, 3.63) is 0 Å². The Morgan fingerprint density at radius 2 is 1.93 bits per heavy atom. The number of nitrogens with one attached hydrogen (secondary N) is 1. The van der Waals surface area contributed by atoms with Gasteiger partial charge in [0.05, 0.1) is 13.2 Å². The van der Waals surface area contributed by atoms with E-state index in [9.17, 15) is 4.79 Å². The lowest BCUT2D eigenvalue weighted by Gasteiger charge is -2.26. The van der Waals surface area contributed by atoms with Gasteiger partial charge in [0.15, 0.2) is 0 Å². The van der Waals surface area contributed by atoms with E-state index in [1.54, 1.807) is 6.92 Å². The maximum atomic E-state index is 10.5. The Bertz CT molecular complexity index is 145. The van der Waals surface area contributed by atoms with Gasteiger partial charge in [-0.05, 0) is 0 Å². The van der Waals surface area contributed by atoms with Gasteiger partial charge in [-0.15, -0.1) is 0 Å². The molecule has 1 rings (SSSR count). The van der Waals surface area contributed by atoms with Gasteiger partial charge in [0.1, 0.15) is 0 Å². The molecule has 0 aliphatic carbocycles. The van der Waals surface area contributed by atoms with Crippen molar-refractivity contribution in [3.8, 4) is 0 Å². The average molecular weight is 202 g/mol. The zero-order valence-corrected chi connectivity index (χ0v) is 9.51. The third-order valence-electron chi connectivity index (χ3n) is 1.91. The van der Waals surface area contributed by atoms with Crippen LogP contribution in [0.15, 0.2) is 0 Å². The third-order valence-corrected chi connectivity index (χ3v) is 1.91. The van der Waals surface area contributed by atoms with Crippen LogP contribution in [0.5, 0.6) is 0 Å². The summed E-state index contributed by atoms with van der Waals surface area (Å²) in [6.07, 6.45) is 0. The molecule has 1 saturated heterocycles. The van der Waals surface area contributed by atoms with E-state index < -0.39 is 0 Å². The number of rotatable bonds is 3. The van der Waals surface area contributed by atoms with Crippen molar-refractivity contribution < 1.29 is 9.53 Å². The first-order chi connectivity index (χ1) is 6.79. The van der Waals surface area contributed by atoms with Gasteiger partial charge >= 0.3 is 0 Å². The molecule has 84 valence electrons. The maximum absolute atomic E-state index is 10.5. The zero-order valence-electron chi connectivity index (χ0n) is 9.51. The topological polar surface area (TPSA) is 41.6 Å². The Hall–Kier alpha value is -0.610. The Kier molecular flexibility index (Phi) is 8.57. The highest BCUT2D eigenvalue weighted by Gasteiger charge is 2.08. The quantitative estimate of drug-likeness (QED) is 0.724. The van der Waals surface area contributed by atoms with E-state index in [0.29, 0.717) is 0 Å². The van der Waals surface area contributed by atoms with Gasteiger partial charge in [-0.3, -0.25) is 9.69 Å². The Morgan fingerprint density at radius 1 is 1.36 bits per heavy atom. The van der Waals surface area contributed by atoms with Crippen molar-refractivity contribution in [1.82, 2.24) is 10.2 Å². The van der Waals surface area contributed by atoms with E-state index in [2.05, 4.69) is 10.2 Å². The van der Waals surface area contributed by atoms with Crippen LogP contribution < -0.4 is 5.32 Å². The second-order valence-corrected chi connectivity index (χ2v) is 2.94. The van der Waals surface area contributed by atoms with Gasteiger partial charge in [0.2, 0.25) is 5.91 Å². The summed E-state index contributed by atoms with van der Waals surface area (Å²) in [4.78, 5) is 12.8. The first kappa shape index (κ1) is 13.4. The maximum Gasteiger partial charge on any atom is 0.216 e. The van der Waals surface area contributed by atoms with Crippen LogP contribution in [0.4, 0.5) is 0 Å². The molecule has 1 N–H and O–H groups in total. The Labute approximate surface area is 86.6 Å². The number of carbonyl (C=O) groups is 1. The van der Waals surface area contributed by atoms with Crippen molar-refractivity contribution in [2.75, 3.05) is 39.4 Å². The minimum atomic E-state index is 0.0447. The van der Waals surface area contributed by atoms with E-state index in [-0.39, 0.29) is 5.91 Å². The number of ether oxygens (including phenoxy) is 1. The SMILES string of the molecule is CC.CC(=O)NCCN1CCOCC1. The molecule has 1 aliphatic rings. The molecule has 0 radical (unpaired) electrons. The summed E-state index contributed by atoms with van der Waals surface area (Å²) in [5.41, 5.74) is 0. The van der Waals surface area contributed by atoms with Crippen molar-refractivity contribution in [2.45, 2.75) is 20.8 Å². The summed E-state index contributed by atoms with van der Waals surface area (Å²) in [5.74, 6) is 0.0447. The summed E-state index contributed by atoms with van der Waals surface area (Å²) in [5, 5.41) is 2.77. The monoisotopic (exact) mass is 202 g/mol. The predicted molar refractivity (Wildman–Crippen MR) is 57.3 cm³/mol. The van der Waals surface area contributed by atoms with Crippen LogP contribution in [0, 0.1) is 0 Å². The smallest absolute Gasteiger partial charge is 0.216 e. The number of nitrogens with zero attached hydrogens (tertiary/aromatic N) is 1. The molecule has 14 heavy (non-hydrogen) atoms. The van der Waals surface area contributed by atoms with E-state index >= 15 is 0 Å². The summed E-state index contributed by atoms with van der Waals surface area (Å²) in [6.45, 7) is 10.8. The second kappa shape index (κ2) is 8.97. The van der Waals surface area contributed by atoms with Crippen molar-refractivity contribution in [2.24, 2.45) is 0 Å². The molecule has 1 heterocycles. The third kappa shape index (κ3) is 6.86. The van der Waals surface area contributed by atoms with E-state index in [0.717, 1.165) is 39.4 Å². The molecule has 0 bridgehead atoms. The lowest BCUT2D eigenvalue weighted by Crippen LogP contribution is -2.40. The number of amides is 1. The molecule has 0 aromatic heterocycles. The van der Waals surface area contributed by atoms with Crippen molar-refractivity contribution in [1.29, 1.82) is 0 Å². The normalized spacial score (nSPS) is 16.8. The fraction of sp³-hybridized carbons (Fsp3) is 0.900. The molecule has 0 aromatic rings. The fourth-order valence-electron chi connectivity index (χ4n) is 1.21. The molecule has 0 unspecified atom stereocenters. The van der Waals surface area contributed by atoms with Crippen molar-refractivity contribution in [3.63, 3.8) is 0 Å². The minimum absolute atomic E-state index is 0.0447. The second-order valence-electron chi connectivity index (χ2n) is 2.94. The van der Waals surface area contributed by atoms with Gasteiger partial charge in [-0.1, -0.05) is 13.8 Å². The van der Waals surface area contributed by atoms with Crippen LogP contribution >= 0.6 is 0 Å². The first-order valence-corrected chi connectivity index (χ1v) is 5.33. The fourth-order valence-corrected chi connectivity index (χ4v) is 1.21. The minimum Gasteiger partial charge on any atom is -0.379 e. The van der Waals surface area contributed by atoms with Crippen LogP contribution in [-0.2, 0) is 9.53 Å². The van der Waals surface area contributed by atoms with Gasteiger partial charge in [-0.25, -0.2) is 0 Å². The van der Waals surface area contributed by atoms with Crippen molar-refractivity contribution >= 4 is 5.91 Å². The number of hydrogen-bond donors (Lipinski definition) is 1. The highest BCUT2D eigenvalue weighted by atomic mass is 16.5. The highest BCUT2D eigenvalue weighted by Crippen LogP contribution is 1.94. The molecule has 1 aliphatic heterocycles. The molecule has 1 fully saturated rings. The summed E-state index contributed by atoms with van der Waals surface area (Å²) >= 11 is 0. The van der Waals surface area contributed by atoms with Gasteiger partial charge in [0, 0.05) is 33.1 Å². The molecule has 4 heteroatoms. The van der Waals surface area contributed by atoms with Crippen LogP contribution in [-0.4, -0.2) is 50.2 Å². The lowest BCUT2D eigenvalue weighted by molar-refractivity contribution is -0.119. The zero-order chi connectivity index (χ0) is 10.8. The highest BCUT2D eigenvalue weighted by molar-refractivity contribution is 5.72. The summed E-state index contributed by atoms with van der Waals surface area (Å²) in [6, 6.07) is 0. The Morgan fingerprint density at radius 3 is 2.43 bits per heavy atom.